The summed E-state index contributed by atoms with van der Waals surface area (Å²) in [6.45, 7) is 2.95. The lowest BCUT2D eigenvalue weighted by atomic mass is 10.2. The zero-order valence-corrected chi connectivity index (χ0v) is 11.6. The van der Waals surface area contributed by atoms with Crippen LogP contribution in [-0.4, -0.2) is 9.55 Å². The van der Waals surface area contributed by atoms with Crippen molar-refractivity contribution in [2.75, 3.05) is 0 Å². The molecule has 0 unspecified atom stereocenters. The van der Waals surface area contributed by atoms with Crippen LogP contribution in [0.25, 0.3) is 11.0 Å². The molecule has 3 aromatic rings. The number of halogens is 1. The van der Waals surface area contributed by atoms with E-state index in [2.05, 4.69) is 52.2 Å². The Morgan fingerprint density at radius 3 is 2.94 bits per heavy atom. The summed E-state index contributed by atoms with van der Waals surface area (Å²) in [5.41, 5.74) is 3.43. The number of hydrogen-bond acceptors (Lipinski definition) is 2. The van der Waals surface area contributed by atoms with Crippen LogP contribution in [0, 0.1) is 6.92 Å². The minimum absolute atomic E-state index is 0.444. The molecule has 0 atom stereocenters. The van der Waals surface area contributed by atoms with Gasteiger partial charge in [0.2, 0.25) is 0 Å². The molecule has 2 heterocycles. The normalized spacial score (nSPS) is 11.2. The lowest BCUT2D eigenvalue weighted by Gasteiger charge is -2.06. The number of thiophene rings is 1. The highest BCUT2D eigenvalue weighted by molar-refractivity contribution is 7.09. The number of fused-ring (bicyclic) bond motifs is 1. The van der Waals surface area contributed by atoms with Crippen LogP contribution in [0.4, 0.5) is 0 Å². The van der Waals surface area contributed by atoms with Gasteiger partial charge in [0.15, 0.2) is 0 Å². The molecule has 18 heavy (non-hydrogen) atoms. The maximum atomic E-state index is 6.00. The fourth-order valence-corrected chi connectivity index (χ4v) is 3.02. The molecule has 2 aromatic heterocycles. The van der Waals surface area contributed by atoms with Gasteiger partial charge in [-0.1, -0.05) is 12.1 Å². The molecule has 2 nitrogen and oxygen atoms in total. The Morgan fingerprint density at radius 2 is 2.22 bits per heavy atom. The molecule has 0 aliphatic rings. The van der Waals surface area contributed by atoms with Gasteiger partial charge < -0.3 is 4.57 Å². The summed E-state index contributed by atoms with van der Waals surface area (Å²) in [6.07, 6.45) is 0. The Kier molecular flexibility index (Phi) is 3.10. The van der Waals surface area contributed by atoms with E-state index in [1.807, 2.05) is 0 Å². The molecule has 1 aromatic carbocycles. The molecule has 3 rings (SSSR count). The molecule has 0 spiro atoms. The number of aromatic nitrogens is 2. The molecule has 0 saturated carbocycles. The predicted octanol–water partition coefficient (Wildman–Crippen LogP) is 4.19. The molecule has 0 amide bonds. The quantitative estimate of drug-likeness (QED) is 0.656. The lowest BCUT2D eigenvalue weighted by Crippen LogP contribution is -2.02. The van der Waals surface area contributed by atoms with Crippen LogP contribution in [0.2, 0.25) is 0 Å². The Bertz CT molecular complexity index is 670. The van der Waals surface area contributed by atoms with Crippen molar-refractivity contribution < 1.29 is 0 Å². The van der Waals surface area contributed by atoms with E-state index in [-0.39, 0.29) is 0 Å². The van der Waals surface area contributed by atoms with Gasteiger partial charge in [-0.2, -0.15) is 0 Å². The van der Waals surface area contributed by atoms with Crippen LogP contribution < -0.4 is 0 Å². The zero-order chi connectivity index (χ0) is 12.5. The van der Waals surface area contributed by atoms with Crippen molar-refractivity contribution in [3.05, 3.63) is 52.0 Å². The number of nitrogens with zero attached hydrogens (tertiary/aromatic N) is 2. The Balaban J connectivity index is 2.15. The van der Waals surface area contributed by atoms with E-state index < -0.39 is 0 Å². The van der Waals surface area contributed by atoms with Gasteiger partial charge in [0, 0.05) is 4.88 Å². The summed E-state index contributed by atoms with van der Waals surface area (Å²) < 4.78 is 2.21. The number of hydrogen-bond donors (Lipinski definition) is 0. The Labute approximate surface area is 115 Å². The smallest absolute Gasteiger partial charge is 0.125 e. The molecule has 0 aliphatic heterocycles. The van der Waals surface area contributed by atoms with Crippen LogP contribution in [0.3, 0.4) is 0 Å². The van der Waals surface area contributed by atoms with Crippen molar-refractivity contribution in [3.63, 3.8) is 0 Å². The molecule has 92 valence electrons. The third-order valence-corrected chi connectivity index (χ3v) is 4.10. The summed E-state index contributed by atoms with van der Waals surface area (Å²) in [4.78, 5) is 5.91. The van der Waals surface area contributed by atoms with Crippen LogP contribution in [0.1, 0.15) is 16.3 Å². The van der Waals surface area contributed by atoms with Crippen molar-refractivity contribution in [3.8, 4) is 0 Å². The van der Waals surface area contributed by atoms with Crippen molar-refractivity contribution in [1.29, 1.82) is 0 Å². The minimum atomic E-state index is 0.444. The van der Waals surface area contributed by atoms with Crippen LogP contribution in [0.5, 0.6) is 0 Å². The van der Waals surface area contributed by atoms with Crippen molar-refractivity contribution >= 4 is 34.0 Å². The maximum absolute atomic E-state index is 6.00. The fraction of sp³-hybridized carbons (Fsp3) is 0.214. The highest BCUT2D eigenvalue weighted by Gasteiger charge is 2.10. The average Bonchev–Trinajstić information content (AvgIpc) is 2.98. The molecule has 0 radical (unpaired) electrons. The second-order valence-electron chi connectivity index (χ2n) is 4.32. The number of alkyl halides is 1. The topological polar surface area (TPSA) is 17.8 Å². The second-order valence-corrected chi connectivity index (χ2v) is 5.62. The van der Waals surface area contributed by atoms with Gasteiger partial charge in [0.1, 0.15) is 5.82 Å². The summed E-state index contributed by atoms with van der Waals surface area (Å²) in [5.74, 6) is 1.38. The molecule has 0 aliphatic carbocycles. The highest BCUT2D eigenvalue weighted by Crippen LogP contribution is 2.22. The van der Waals surface area contributed by atoms with Gasteiger partial charge in [-0.15, -0.1) is 22.9 Å². The van der Waals surface area contributed by atoms with Crippen molar-refractivity contribution in [2.45, 2.75) is 19.3 Å². The number of aryl methyl sites for hydroxylation is 1. The van der Waals surface area contributed by atoms with E-state index in [9.17, 15) is 0 Å². The van der Waals surface area contributed by atoms with Crippen LogP contribution in [-0.2, 0) is 12.4 Å². The number of imidazole rings is 1. The summed E-state index contributed by atoms with van der Waals surface area (Å²) in [5, 5.41) is 2.10. The Morgan fingerprint density at radius 1 is 1.33 bits per heavy atom. The third-order valence-electron chi connectivity index (χ3n) is 3.00. The molecule has 0 saturated heterocycles. The van der Waals surface area contributed by atoms with Gasteiger partial charge in [0.25, 0.3) is 0 Å². The molecule has 0 N–H and O–H groups in total. The highest BCUT2D eigenvalue weighted by atomic mass is 35.5. The van der Waals surface area contributed by atoms with E-state index in [4.69, 9.17) is 11.6 Å². The lowest BCUT2D eigenvalue weighted by molar-refractivity contribution is 0.789. The predicted molar refractivity (Wildman–Crippen MR) is 77.4 cm³/mol. The Hall–Kier alpha value is -1.32. The molecule has 4 heteroatoms. The summed E-state index contributed by atoms with van der Waals surface area (Å²) in [7, 11) is 0. The SMILES string of the molecule is Cc1ccc2nc(CCl)n(Cc3cccs3)c2c1. The monoisotopic (exact) mass is 276 g/mol. The first kappa shape index (κ1) is 11.8. The van der Waals surface area contributed by atoms with E-state index >= 15 is 0 Å². The summed E-state index contributed by atoms with van der Waals surface area (Å²) >= 11 is 7.76. The summed E-state index contributed by atoms with van der Waals surface area (Å²) in [6, 6.07) is 10.5. The molecule has 0 bridgehead atoms. The van der Waals surface area contributed by atoms with E-state index in [1.54, 1.807) is 11.3 Å². The number of rotatable bonds is 3. The van der Waals surface area contributed by atoms with Crippen molar-refractivity contribution in [1.82, 2.24) is 9.55 Å². The molecular weight excluding hydrogens is 264 g/mol. The van der Waals surface area contributed by atoms with Crippen LogP contribution >= 0.6 is 22.9 Å². The van der Waals surface area contributed by atoms with Crippen LogP contribution in [0.15, 0.2) is 35.7 Å². The first-order valence-corrected chi connectivity index (χ1v) is 7.23. The third kappa shape index (κ3) is 2.04. The fourth-order valence-electron chi connectivity index (χ4n) is 2.12. The van der Waals surface area contributed by atoms with Gasteiger partial charge in [-0.25, -0.2) is 4.98 Å². The van der Waals surface area contributed by atoms with E-state index in [0.717, 1.165) is 17.9 Å². The number of benzene rings is 1. The maximum Gasteiger partial charge on any atom is 0.125 e. The largest absolute Gasteiger partial charge is 0.322 e. The second kappa shape index (κ2) is 4.75. The van der Waals surface area contributed by atoms with Gasteiger partial charge >= 0.3 is 0 Å². The van der Waals surface area contributed by atoms with Gasteiger partial charge in [0.05, 0.1) is 23.5 Å². The standard InChI is InChI=1S/C14H13ClN2S/c1-10-4-5-12-13(7-10)17(14(8-15)16-12)9-11-3-2-6-18-11/h2-7H,8-9H2,1H3. The average molecular weight is 277 g/mol. The van der Waals surface area contributed by atoms with Gasteiger partial charge in [-0.3, -0.25) is 0 Å². The molecular formula is C14H13ClN2S. The van der Waals surface area contributed by atoms with Gasteiger partial charge in [-0.05, 0) is 36.1 Å². The molecule has 0 fully saturated rings. The zero-order valence-electron chi connectivity index (χ0n) is 10.1. The first-order chi connectivity index (χ1) is 8.78. The minimum Gasteiger partial charge on any atom is -0.322 e. The van der Waals surface area contributed by atoms with E-state index in [1.165, 1.54) is 16.0 Å². The van der Waals surface area contributed by atoms with E-state index in [0.29, 0.717) is 5.88 Å². The first-order valence-electron chi connectivity index (χ1n) is 5.82. The van der Waals surface area contributed by atoms with Crippen molar-refractivity contribution in [2.24, 2.45) is 0 Å².